The van der Waals surface area contributed by atoms with Crippen LogP contribution in [0.15, 0.2) is 35.7 Å². The summed E-state index contributed by atoms with van der Waals surface area (Å²) in [4.78, 5) is 23.7. The molecule has 5 heterocycles. The third kappa shape index (κ3) is 5.33. The second-order valence-corrected chi connectivity index (χ2v) is 10.9. The van der Waals surface area contributed by atoms with Gasteiger partial charge in [0, 0.05) is 69.4 Å². The van der Waals surface area contributed by atoms with Crippen molar-refractivity contribution < 1.29 is 4.39 Å². The Morgan fingerprint density at radius 3 is 2.11 bits per heavy atom. The lowest BCUT2D eigenvalue weighted by Gasteiger charge is -2.37. The molecule has 0 bridgehead atoms. The van der Waals surface area contributed by atoms with E-state index in [1.807, 2.05) is 11.4 Å². The van der Waals surface area contributed by atoms with E-state index in [2.05, 4.69) is 36.0 Å². The molecule has 0 spiro atoms. The minimum Gasteiger partial charge on any atom is -0.356 e. The van der Waals surface area contributed by atoms with Crippen LogP contribution in [0.4, 0.5) is 27.1 Å². The van der Waals surface area contributed by atoms with Crippen molar-refractivity contribution in [3.05, 3.63) is 41.5 Å². The van der Waals surface area contributed by atoms with Gasteiger partial charge in [0.25, 0.3) is 0 Å². The Balaban J connectivity index is 1.11. The molecule has 0 saturated carbocycles. The number of rotatable bonds is 5. The number of nitrogens with zero attached hydrogens (tertiary/aromatic N) is 7. The molecule has 0 amide bonds. The minimum atomic E-state index is -0.274. The molecule has 0 unspecified atom stereocenters. The molecule has 8 nitrogen and oxygen atoms in total. The van der Waals surface area contributed by atoms with Crippen LogP contribution in [0.1, 0.15) is 25.7 Å². The maximum absolute atomic E-state index is 14.1. The molecule has 3 fully saturated rings. The van der Waals surface area contributed by atoms with Crippen LogP contribution in [0.5, 0.6) is 0 Å². The topological polar surface area (TPSA) is 63.7 Å². The zero-order valence-electron chi connectivity index (χ0n) is 20.8. The van der Waals surface area contributed by atoms with Crippen molar-refractivity contribution in [2.75, 3.05) is 72.4 Å². The number of hydrogen-bond donors (Lipinski definition) is 1. The lowest BCUT2D eigenvalue weighted by atomic mass is 10.2. The molecule has 6 rings (SSSR count). The fraction of sp³-hybridized carbons (Fsp3) is 0.462. The van der Waals surface area contributed by atoms with E-state index in [1.54, 1.807) is 12.1 Å². The van der Waals surface area contributed by atoms with E-state index in [4.69, 9.17) is 22.2 Å². The molecular weight excluding hydrogens is 507 g/mol. The Morgan fingerprint density at radius 2 is 1.43 bits per heavy atom. The maximum atomic E-state index is 14.1. The van der Waals surface area contributed by atoms with E-state index in [9.17, 15) is 4.39 Å². The first-order valence-electron chi connectivity index (χ1n) is 13.0. The zero-order valence-corrected chi connectivity index (χ0v) is 22.4. The van der Waals surface area contributed by atoms with E-state index in [1.165, 1.54) is 43.1 Å². The van der Waals surface area contributed by atoms with Crippen molar-refractivity contribution in [1.82, 2.24) is 19.9 Å². The van der Waals surface area contributed by atoms with Gasteiger partial charge in [0.1, 0.15) is 17.5 Å². The fourth-order valence-electron chi connectivity index (χ4n) is 5.17. The number of thiocarbonyl (C=S) groups is 1. The van der Waals surface area contributed by atoms with Gasteiger partial charge in [0.2, 0.25) is 5.95 Å². The van der Waals surface area contributed by atoms with Crippen LogP contribution in [0.3, 0.4) is 0 Å². The van der Waals surface area contributed by atoms with Crippen molar-refractivity contribution in [3.63, 3.8) is 0 Å². The van der Waals surface area contributed by atoms with Crippen molar-refractivity contribution in [2.45, 2.75) is 25.7 Å². The van der Waals surface area contributed by atoms with E-state index in [-0.39, 0.29) is 5.82 Å². The molecule has 0 atom stereocenters. The van der Waals surface area contributed by atoms with Gasteiger partial charge in [-0.05, 0) is 50.0 Å². The van der Waals surface area contributed by atoms with Crippen molar-refractivity contribution in [1.29, 1.82) is 0 Å². The van der Waals surface area contributed by atoms with Gasteiger partial charge >= 0.3 is 0 Å². The highest BCUT2D eigenvalue weighted by Gasteiger charge is 2.25. The average Bonchev–Trinajstić information content (AvgIpc) is 3.72. The fourth-order valence-corrected chi connectivity index (χ4v) is 6.23. The summed E-state index contributed by atoms with van der Waals surface area (Å²) in [5, 5.41) is 6.43. The molecule has 3 saturated heterocycles. The van der Waals surface area contributed by atoms with Crippen LogP contribution in [0.2, 0.25) is 0 Å². The summed E-state index contributed by atoms with van der Waals surface area (Å²) in [6, 6.07) is 8.85. The Morgan fingerprint density at radius 1 is 0.811 bits per heavy atom. The van der Waals surface area contributed by atoms with E-state index in [0.717, 1.165) is 69.9 Å². The van der Waals surface area contributed by atoms with Crippen LogP contribution < -0.4 is 20.0 Å². The summed E-state index contributed by atoms with van der Waals surface area (Å²) >= 11 is 7.13. The van der Waals surface area contributed by atoms with Gasteiger partial charge in [-0.1, -0.05) is 12.1 Å². The first kappa shape index (κ1) is 24.3. The van der Waals surface area contributed by atoms with Crippen LogP contribution in [0.25, 0.3) is 11.3 Å². The van der Waals surface area contributed by atoms with Gasteiger partial charge in [-0.2, -0.15) is 9.97 Å². The predicted octanol–water partition coefficient (Wildman–Crippen LogP) is 4.46. The van der Waals surface area contributed by atoms with Gasteiger partial charge in [-0.25, -0.2) is 9.37 Å². The van der Waals surface area contributed by atoms with Gasteiger partial charge in [0.15, 0.2) is 10.2 Å². The normalized spacial score (nSPS) is 18.1. The van der Waals surface area contributed by atoms with Crippen molar-refractivity contribution >= 4 is 51.4 Å². The Bertz CT molecular complexity index is 1210. The monoisotopic (exact) mass is 538 g/mol. The van der Waals surface area contributed by atoms with E-state index < -0.39 is 0 Å². The van der Waals surface area contributed by atoms with Crippen LogP contribution >= 0.6 is 23.6 Å². The molecule has 1 N–H and O–H groups in total. The number of anilines is 4. The summed E-state index contributed by atoms with van der Waals surface area (Å²) in [7, 11) is 0. The lowest BCUT2D eigenvalue weighted by Crippen LogP contribution is -2.50. The molecular formula is C26H31FN8S2. The maximum Gasteiger partial charge on any atom is 0.229 e. The van der Waals surface area contributed by atoms with Crippen LogP contribution in [-0.2, 0) is 0 Å². The number of benzene rings is 1. The number of halogens is 1. The number of thiazole rings is 1. The molecule has 1 aromatic carbocycles. The molecule has 11 heteroatoms. The van der Waals surface area contributed by atoms with Crippen LogP contribution in [-0.4, -0.2) is 77.3 Å². The highest BCUT2D eigenvalue weighted by atomic mass is 32.1. The standard InChI is InChI=1S/C26H31FN8S2/c27-20-8-2-1-7-19(20)21-18-37-25(28-21)31-26(36)35-15-13-33(14-16-35)23-17-22(32-9-3-4-10-32)29-24(30-23)34-11-5-6-12-34/h1-2,7-8,17-18H,3-6,9-16H2,(H,28,31,36). The molecule has 0 radical (unpaired) electrons. The van der Waals surface area contributed by atoms with E-state index >= 15 is 0 Å². The van der Waals surface area contributed by atoms with Gasteiger partial charge < -0.3 is 24.9 Å². The number of nitrogens with one attached hydrogen (secondary N) is 1. The van der Waals surface area contributed by atoms with Crippen LogP contribution in [0, 0.1) is 5.82 Å². The second kappa shape index (κ2) is 10.7. The quantitative estimate of drug-likeness (QED) is 0.475. The van der Waals surface area contributed by atoms with Crippen molar-refractivity contribution in [3.8, 4) is 11.3 Å². The van der Waals surface area contributed by atoms with Crippen molar-refractivity contribution in [2.24, 2.45) is 0 Å². The SMILES string of the molecule is Fc1ccccc1-c1csc(NC(=S)N2CCN(c3cc(N4CCCC4)nc(N4CCCC4)n3)CC2)n1. The minimum absolute atomic E-state index is 0.274. The largest absolute Gasteiger partial charge is 0.356 e. The summed E-state index contributed by atoms with van der Waals surface area (Å²) in [5.74, 6) is 2.65. The highest BCUT2D eigenvalue weighted by molar-refractivity contribution is 7.80. The third-order valence-corrected chi connectivity index (χ3v) is 8.38. The Labute approximate surface area is 226 Å². The molecule has 194 valence electrons. The van der Waals surface area contributed by atoms with Gasteiger partial charge in [-0.3, -0.25) is 0 Å². The number of aromatic nitrogens is 3. The Hall–Kier alpha value is -3.05. The lowest BCUT2D eigenvalue weighted by molar-refractivity contribution is 0.389. The molecule has 2 aromatic heterocycles. The molecule has 3 aliphatic heterocycles. The third-order valence-electron chi connectivity index (χ3n) is 7.26. The summed E-state index contributed by atoms with van der Waals surface area (Å²) in [6.07, 6.45) is 4.86. The highest BCUT2D eigenvalue weighted by Crippen LogP contribution is 2.29. The second-order valence-electron chi connectivity index (χ2n) is 9.69. The number of hydrogen-bond acceptors (Lipinski definition) is 8. The smallest absolute Gasteiger partial charge is 0.229 e. The molecule has 3 aliphatic rings. The zero-order chi connectivity index (χ0) is 25.2. The first-order chi connectivity index (χ1) is 18.1. The first-order valence-corrected chi connectivity index (χ1v) is 14.3. The average molecular weight is 539 g/mol. The van der Waals surface area contributed by atoms with E-state index in [0.29, 0.717) is 21.5 Å². The predicted molar refractivity (Wildman–Crippen MR) is 152 cm³/mol. The Kier molecular flexibility index (Phi) is 7.06. The summed E-state index contributed by atoms with van der Waals surface area (Å²) < 4.78 is 14.1. The number of piperazine rings is 1. The summed E-state index contributed by atoms with van der Waals surface area (Å²) in [5.41, 5.74) is 1.11. The van der Waals surface area contributed by atoms with Gasteiger partial charge in [0.05, 0.1) is 5.69 Å². The molecule has 0 aliphatic carbocycles. The van der Waals surface area contributed by atoms with Gasteiger partial charge in [-0.15, -0.1) is 11.3 Å². The molecule has 37 heavy (non-hydrogen) atoms. The molecule has 3 aromatic rings. The summed E-state index contributed by atoms with van der Waals surface area (Å²) in [6.45, 7) is 7.45.